The summed E-state index contributed by atoms with van der Waals surface area (Å²) in [5, 5.41) is 11.4. The van der Waals surface area contributed by atoms with Crippen LogP contribution in [0.4, 0.5) is 5.69 Å². The second-order valence-corrected chi connectivity index (χ2v) is 8.06. The van der Waals surface area contributed by atoms with Crippen LogP contribution in [-0.4, -0.2) is 59.6 Å². The zero-order valence-electron chi connectivity index (χ0n) is 15.2. The van der Waals surface area contributed by atoms with Crippen molar-refractivity contribution in [3.05, 3.63) is 33.9 Å². The lowest BCUT2D eigenvalue weighted by molar-refractivity contribution is -0.387. The summed E-state index contributed by atoms with van der Waals surface area (Å²) in [4.78, 5) is 28.4. The molecule has 1 saturated heterocycles. The largest absolute Gasteiger partial charge is 0.337 e. The maximum absolute atomic E-state index is 12.7. The Bertz CT molecular complexity index is 622. The Balaban J connectivity index is 2.14. The number of nitrogens with zero attached hydrogens (tertiary/aromatic N) is 3. The van der Waals surface area contributed by atoms with Gasteiger partial charge in [0.05, 0.1) is 9.82 Å². The smallest absolute Gasteiger partial charge is 0.283 e. The predicted molar refractivity (Wildman–Crippen MR) is 101 cm³/mol. The molecular formula is C18H27N3O3S. The lowest BCUT2D eigenvalue weighted by Crippen LogP contribution is -2.34. The van der Waals surface area contributed by atoms with Gasteiger partial charge in [0.1, 0.15) is 0 Å². The number of amides is 1. The first-order chi connectivity index (χ1) is 11.9. The van der Waals surface area contributed by atoms with Crippen LogP contribution in [0.5, 0.6) is 0 Å². The number of thioether (sulfide) groups is 1. The summed E-state index contributed by atoms with van der Waals surface area (Å²) in [5.74, 6) is 1.29. The van der Waals surface area contributed by atoms with Crippen LogP contribution in [0, 0.1) is 16.0 Å². The van der Waals surface area contributed by atoms with Crippen LogP contribution in [-0.2, 0) is 0 Å². The van der Waals surface area contributed by atoms with Gasteiger partial charge < -0.3 is 9.80 Å². The van der Waals surface area contributed by atoms with E-state index >= 15 is 0 Å². The van der Waals surface area contributed by atoms with Crippen molar-refractivity contribution in [2.75, 3.05) is 39.0 Å². The van der Waals surface area contributed by atoms with Crippen LogP contribution in [0.25, 0.3) is 0 Å². The zero-order valence-corrected chi connectivity index (χ0v) is 16.1. The fourth-order valence-corrected chi connectivity index (χ4v) is 4.01. The SMILES string of the molecule is CC(C)CCSc1ccc(C(=O)N2CCCN(C)CC2)cc1[N+](=O)[O-]. The normalized spacial score (nSPS) is 16.1. The van der Waals surface area contributed by atoms with Crippen molar-refractivity contribution >= 4 is 23.4 Å². The topological polar surface area (TPSA) is 66.7 Å². The molecule has 1 heterocycles. The number of nitro groups is 1. The molecule has 1 aliphatic rings. The van der Waals surface area contributed by atoms with Gasteiger partial charge in [-0.1, -0.05) is 13.8 Å². The number of rotatable bonds is 6. The van der Waals surface area contributed by atoms with E-state index in [-0.39, 0.29) is 16.5 Å². The molecule has 25 heavy (non-hydrogen) atoms. The van der Waals surface area contributed by atoms with Gasteiger partial charge >= 0.3 is 0 Å². The molecule has 138 valence electrons. The summed E-state index contributed by atoms with van der Waals surface area (Å²) >= 11 is 1.49. The van der Waals surface area contributed by atoms with Crippen LogP contribution in [0.3, 0.4) is 0 Å². The molecule has 0 spiro atoms. The Kier molecular flexibility index (Phi) is 7.25. The first-order valence-corrected chi connectivity index (χ1v) is 9.76. The van der Waals surface area contributed by atoms with E-state index in [0.717, 1.165) is 31.7 Å². The minimum Gasteiger partial charge on any atom is -0.337 e. The standard InChI is InChI=1S/C18H27N3O3S/c1-14(2)7-12-25-17-6-5-15(13-16(17)21(23)24)18(22)20-9-4-8-19(3)10-11-20/h5-6,13-14H,4,7-12H2,1-3H3. The van der Waals surface area contributed by atoms with E-state index < -0.39 is 0 Å². The average Bonchev–Trinajstić information content (AvgIpc) is 2.78. The van der Waals surface area contributed by atoms with Crippen LogP contribution in [0.2, 0.25) is 0 Å². The quantitative estimate of drug-likeness (QED) is 0.438. The van der Waals surface area contributed by atoms with Crippen LogP contribution in [0.15, 0.2) is 23.1 Å². The zero-order chi connectivity index (χ0) is 18.4. The molecule has 1 aromatic rings. The Morgan fingerprint density at radius 2 is 2.04 bits per heavy atom. The monoisotopic (exact) mass is 365 g/mol. The highest BCUT2D eigenvalue weighted by molar-refractivity contribution is 7.99. The first kappa shape index (κ1) is 19.7. The highest BCUT2D eigenvalue weighted by atomic mass is 32.2. The molecule has 0 saturated carbocycles. The molecule has 1 fully saturated rings. The number of nitro benzene ring substituents is 1. The molecule has 1 aliphatic heterocycles. The maximum atomic E-state index is 12.7. The summed E-state index contributed by atoms with van der Waals surface area (Å²) in [6.45, 7) is 7.42. The molecule has 0 unspecified atom stereocenters. The number of hydrogen-bond acceptors (Lipinski definition) is 5. The molecule has 2 rings (SSSR count). The third-order valence-corrected chi connectivity index (χ3v) is 5.46. The molecule has 0 atom stereocenters. The number of likely N-dealkylation sites (N-methyl/N-ethyl adjacent to an activating group) is 1. The van der Waals surface area contributed by atoms with Gasteiger partial charge in [-0.05, 0) is 50.2 Å². The molecule has 1 amide bonds. The summed E-state index contributed by atoms with van der Waals surface area (Å²) in [6, 6.07) is 4.89. The van der Waals surface area contributed by atoms with Gasteiger partial charge in [0, 0.05) is 31.3 Å². The van der Waals surface area contributed by atoms with E-state index in [0.29, 0.717) is 29.5 Å². The Morgan fingerprint density at radius 1 is 1.28 bits per heavy atom. The van der Waals surface area contributed by atoms with Gasteiger partial charge in [-0.3, -0.25) is 14.9 Å². The van der Waals surface area contributed by atoms with Crippen molar-refractivity contribution in [3.63, 3.8) is 0 Å². The van der Waals surface area contributed by atoms with E-state index in [4.69, 9.17) is 0 Å². The van der Waals surface area contributed by atoms with Gasteiger partial charge in [-0.15, -0.1) is 11.8 Å². The minimum atomic E-state index is -0.384. The van der Waals surface area contributed by atoms with Crippen LogP contribution in [0.1, 0.15) is 37.0 Å². The number of carbonyl (C=O) groups is 1. The molecular weight excluding hydrogens is 338 g/mol. The Labute approximate surface area is 153 Å². The van der Waals surface area contributed by atoms with Crippen molar-refractivity contribution in [1.82, 2.24) is 9.80 Å². The van der Waals surface area contributed by atoms with Crippen LogP contribution < -0.4 is 0 Å². The molecule has 0 aromatic heterocycles. The Hall–Kier alpha value is -1.60. The van der Waals surface area contributed by atoms with E-state index in [1.165, 1.54) is 17.8 Å². The van der Waals surface area contributed by atoms with Gasteiger partial charge in [0.25, 0.3) is 11.6 Å². The second-order valence-electron chi connectivity index (χ2n) is 6.92. The lowest BCUT2D eigenvalue weighted by atomic mass is 10.1. The summed E-state index contributed by atoms with van der Waals surface area (Å²) in [7, 11) is 2.04. The molecule has 6 nitrogen and oxygen atoms in total. The minimum absolute atomic E-state index is 0.0338. The molecule has 0 radical (unpaired) electrons. The maximum Gasteiger partial charge on any atom is 0.283 e. The number of hydrogen-bond donors (Lipinski definition) is 0. The molecule has 0 bridgehead atoms. The molecule has 0 N–H and O–H groups in total. The van der Waals surface area contributed by atoms with Crippen LogP contribution >= 0.6 is 11.8 Å². The van der Waals surface area contributed by atoms with Crippen molar-refractivity contribution in [2.45, 2.75) is 31.6 Å². The second kappa shape index (κ2) is 9.20. The van der Waals surface area contributed by atoms with Gasteiger partial charge in [0.2, 0.25) is 0 Å². The molecule has 0 aliphatic carbocycles. The Morgan fingerprint density at radius 3 is 2.72 bits per heavy atom. The van der Waals surface area contributed by atoms with Crippen molar-refractivity contribution in [1.29, 1.82) is 0 Å². The first-order valence-electron chi connectivity index (χ1n) is 8.77. The summed E-state index contributed by atoms with van der Waals surface area (Å²) < 4.78 is 0. The average molecular weight is 365 g/mol. The van der Waals surface area contributed by atoms with E-state index in [2.05, 4.69) is 18.7 Å². The fraction of sp³-hybridized carbons (Fsp3) is 0.611. The molecule has 1 aromatic carbocycles. The van der Waals surface area contributed by atoms with E-state index in [9.17, 15) is 14.9 Å². The molecule has 7 heteroatoms. The lowest BCUT2D eigenvalue weighted by Gasteiger charge is -2.20. The highest BCUT2D eigenvalue weighted by Gasteiger charge is 2.22. The van der Waals surface area contributed by atoms with Gasteiger partial charge in [-0.25, -0.2) is 0 Å². The third kappa shape index (κ3) is 5.71. The fourth-order valence-electron chi connectivity index (χ4n) is 2.75. The van der Waals surface area contributed by atoms with E-state index in [1.54, 1.807) is 17.0 Å². The predicted octanol–water partition coefficient (Wildman–Crippen LogP) is 3.51. The third-order valence-electron chi connectivity index (χ3n) is 4.36. The van der Waals surface area contributed by atoms with Gasteiger partial charge in [-0.2, -0.15) is 0 Å². The number of benzene rings is 1. The summed E-state index contributed by atoms with van der Waals surface area (Å²) in [6.07, 6.45) is 1.93. The van der Waals surface area contributed by atoms with Crippen molar-refractivity contribution < 1.29 is 9.72 Å². The van der Waals surface area contributed by atoms with Gasteiger partial charge in [0.15, 0.2) is 0 Å². The van der Waals surface area contributed by atoms with E-state index in [1.807, 2.05) is 7.05 Å². The number of carbonyl (C=O) groups excluding carboxylic acids is 1. The van der Waals surface area contributed by atoms with Crippen molar-refractivity contribution in [2.24, 2.45) is 5.92 Å². The highest BCUT2D eigenvalue weighted by Crippen LogP contribution is 2.31. The summed E-state index contributed by atoms with van der Waals surface area (Å²) in [5.41, 5.74) is 0.441. The van der Waals surface area contributed by atoms with Crippen molar-refractivity contribution in [3.8, 4) is 0 Å².